The summed E-state index contributed by atoms with van der Waals surface area (Å²) in [5.41, 5.74) is 7.87. The van der Waals surface area contributed by atoms with Gasteiger partial charge in [0, 0.05) is 18.1 Å². The molecule has 0 saturated heterocycles. The molecule has 1 aromatic carbocycles. The van der Waals surface area contributed by atoms with Crippen LogP contribution in [0.15, 0.2) is 36.5 Å². The molecular formula is C16H15F3N4O2. The zero-order valence-electron chi connectivity index (χ0n) is 13.2. The lowest BCUT2D eigenvalue weighted by molar-refractivity contribution is -0.274. The van der Waals surface area contributed by atoms with Crippen LogP contribution < -0.4 is 10.5 Å². The number of rotatable bonds is 4. The van der Waals surface area contributed by atoms with Crippen molar-refractivity contribution >= 4 is 11.0 Å². The summed E-state index contributed by atoms with van der Waals surface area (Å²) in [6.45, 7) is 1.75. The van der Waals surface area contributed by atoms with Gasteiger partial charge in [0.25, 0.3) is 0 Å². The highest BCUT2D eigenvalue weighted by Gasteiger charge is 2.31. The summed E-state index contributed by atoms with van der Waals surface area (Å²) in [7, 11) is 0. The number of hydrogen-bond donors (Lipinski definition) is 2. The van der Waals surface area contributed by atoms with E-state index in [1.54, 1.807) is 13.0 Å². The van der Waals surface area contributed by atoms with Crippen molar-refractivity contribution in [2.75, 3.05) is 0 Å². The van der Waals surface area contributed by atoms with Crippen molar-refractivity contribution in [1.29, 1.82) is 0 Å². The Morgan fingerprint density at radius 3 is 2.48 bits per heavy atom. The van der Waals surface area contributed by atoms with E-state index in [-0.39, 0.29) is 12.3 Å². The number of ether oxygens (including phenoxy) is 1. The molecule has 0 radical (unpaired) electrons. The van der Waals surface area contributed by atoms with E-state index < -0.39 is 12.5 Å². The molecule has 0 spiro atoms. The smallest absolute Gasteiger partial charge is 0.406 e. The minimum absolute atomic E-state index is 0.129. The lowest BCUT2D eigenvalue weighted by Gasteiger charge is -2.10. The van der Waals surface area contributed by atoms with Crippen molar-refractivity contribution in [1.82, 2.24) is 14.8 Å². The summed E-state index contributed by atoms with van der Waals surface area (Å²) in [6.07, 6.45) is -3.96. The zero-order valence-corrected chi connectivity index (χ0v) is 13.2. The van der Waals surface area contributed by atoms with Crippen molar-refractivity contribution < 1.29 is 23.0 Å². The van der Waals surface area contributed by atoms with Gasteiger partial charge in [0.1, 0.15) is 5.75 Å². The van der Waals surface area contributed by atoms with Crippen molar-refractivity contribution in [2.24, 2.45) is 5.73 Å². The minimum Gasteiger partial charge on any atom is -0.406 e. The summed E-state index contributed by atoms with van der Waals surface area (Å²) in [5.74, 6) is -0.329. The van der Waals surface area contributed by atoms with E-state index in [1.165, 1.54) is 35.1 Å². The average Bonchev–Trinajstić information content (AvgIpc) is 2.93. The van der Waals surface area contributed by atoms with Gasteiger partial charge in [-0.15, -0.1) is 13.2 Å². The molecule has 132 valence electrons. The summed E-state index contributed by atoms with van der Waals surface area (Å²) >= 11 is 0. The van der Waals surface area contributed by atoms with Crippen LogP contribution in [0.25, 0.3) is 16.7 Å². The standard InChI is InChI=1S/C16H15F3N4O2/c1-9(24)12-6-7-21-15-14(12)13(8-20)22-23(15)10-2-4-11(5-3-10)25-16(17,18)19/h2-7,9,24H,8,20H2,1H3. The zero-order chi connectivity index (χ0) is 18.2. The Morgan fingerprint density at radius 1 is 1.24 bits per heavy atom. The van der Waals surface area contributed by atoms with Crippen molar-refractivity contribution in [3.05, 3.63) is 47.8 Å². The third-order valence-corrected chi connectivity index (χ3v) is 3.63. The van der Waals surface area contributed by atoms with Crippen LogP contribution in [0.3, 0.4) is 0 Å². The quantitative estimate of drug-likeness (QED) is 0.754. The third-order valence-electron chi connectivity index (χ3n) is 3.63. The van der Waals surface area contributed by atoms with Crippen molar-refractivity contribution in [2.45, 2.75) is 25.9 Å². The Kier molecular flexibility index (Phi) is 4.36. The van der Waals surface area contributed by atoms with E-state index in [4.69, 9.17) is 5.73 Å². The Hall–Kier alpha value is -2.65. The normalized spacial score (nSPS) is 13.2. The molecule has 0 bridgehead atoms. The van der Waals surface area contributed by atoms with Gasteiger partial charge in [0.05, 0.1) is 17.5 Å². The van der Waals surface area contributed by atoms with Gasteiger partial charge in [0.2, 0.25) is 0 Å². The molecule has 0 aliphatic rings. The Balaban J connectivity index is 2.09. The topological polar surface area (TPSA) is 86.2 Å². The molecule has 0 aliphatic heterocycles. The molecule has 1 unspecified atom stereocenters. The monoisotopic (exact) mass is 352 g/mol. The molecule has 6 nitrogen and oxygen atoms in total. The number of pyridine rings is 1. The molecule has 2 aromatic heterocycles. The molecule has 0 amide bonds. The van der Waals surface area contributed by atoms with Crippen LogP contribution in [0.4, 0.5) is 13.2 Å². The van der Waals surface area contributed by atoms with Crippen LogP contribution in [0.1, 0.15) is 24.3 Å². The Labute approximate surface area is 140 Å². The van der Waals surface area contributed by atoms with E-state index in [2.05, 4.69) is 14.8 Å². The number of nitrogens with zero attached hydrogens (tertiary/aromatic N) is 3. The number of aromatic nitrogens is 3. The third kappa shape index (κ3) is 3.42. The molecule has 3 rings (SSSR count). The molecule has 0 aliphatic carbocycles. The first-order chi connectivity index (χ1) is 11.8. The highest BCUT2D eigenvalue weighted by Crippen LogP contribution is 2.29. The second-order valence-corrected chi connectivity index (χ2v) is 5.38. The second-order valence-electron chi connectivity index (χ2n) is 5.38. The lowest BCUT2D eigenvalue weighted by Crippen LogP contribution is -2.17. The van der Waals surface area contributed by atoms with Crippen molar-refractivity contribution in [3.8, 4) is 11.4 Å². The summed E-state index contributed by atoms with van der Waals surface area (Å²) in [4.78, 5) is 4.27. The molecule has 0 saturated carbocycles. The number of alkyl halides is 3. The number of aliphatic hydroxyl groups is 1. The van der Waals surface area contributed by atoms with Gasteiger partial charge in [-0.05, 0) is 42.8 Å². The van der Waals surface area contributed by atoms with Crippen LogP contribution >= 0.6 is 0 Å². The molecule has 25 heavy (non-hydrogen) atoms. The largest absolute Gasteiger partial charge is 0.573 e. The van der Waals surface area contributed by atoms with Crippen LogP contribution in [0.2, 0.25) is 0 Å². The molecule has 0 fully saturated rings. The fourth-order valence-electron chi connectivity index (χ4n) is 2.60. The first-order valence-electron chi connectivity index (χ1n) is 7.41. The second kappa shape index (κ2) is 6.34. The molecule has 2 heterocycles. The van der Waals surface area contributed by atoms with E-state index in [0.29, 0.717) is 28.0 Å². The number of aliphatic hydroxyl groups excluding tert-OH is 1. The Morgan fingerprint density at radius 2 is 1.92 bits per heavy atom. The fourth-order valence-corrected chi connectivity index (χ4v) is 2.60. The first-order valence-corrected chi connectivity index (χ1v) is 7.41. The predicted octanol–water partition coefficient (Wildman–Crippen LogP) is 2.83. The van der Waals surface area contributed by atoms with Gasteiger partial charge in [0.15, 0.2) is 5.65 Å². The predicted molar refractivity (Wildman–Crippen MR) is 84.1 cm³/mol. The van der Waals surface area contributed by atoms with Crippen molar-refractivity contribution in [3.63, 3.8) is 0 Å². The van der Waals surface area contributed by atoms with E-state index in [0.717, 1.165) is 0 Å². The van der Waals surface area contributed by atoms with Gasteiger partial charge in [-0.25, -0.2) is 9.67 Å². The summed E-state index contributed by atoms with van der Waals surface area (Å²) in [6, 6.07) is 6.93. The Bertz CT molecular complexity index is 889. The summed E-state index contributed by atoms with van der Waals surface area (Å²) in [5, 5.41) is 15.0. The fraction of sp³-hybridized carbons (Fsp3) is 0.250. The summed E-state index contributed by atoms with van der Waals surface area (Å²) < 4.78 is 42.1. The molecular weight excluding hydrogens is 337 g/mol. The van der Waals surface area contributed by atoms with Crippen LogP contribution in [-0.2, 0) is 6.54 Å². The average molecular weight is 352 g/mol. The number of benzene rings is 1. The van der Waals surface area contributed by atoms with E-state index in [9.17, 15) is 18.3 Å². The van der Waals surface area contributed by atoms with Gasteiger partial charge in [-0.3, -0.25) is 0 Å². The molecule has 1 atom stereocenters. The number of nitrogens with two attached hydrogens (primary N) is 1. The maximum atomic E-state index is 12.3. The minimum atomic E-state index is -4.75. The first kappa shape index (κ1) is 17.2. The maximum Gasteiger partial charge on any atom is 0.573 e. The van der Waals surface area contributed by atoms with Crippen LogP contribution in [0.5, 0.6) is 5.75 Å². The number of fused-ring (bicyclic) bond motifs is 1. The molecule has 3 aromatic rings. The van der Waals surface area contributed by atoms with E-state index >= 15 is 0 Å². The van der Waals surface area contributed by atoms with Gasteiger partial charge >= 0.3 is 6.36 Å². The van der Waals surface area contributed by atoms with Gasteiger partial charge in [-0.1, -0.05) is 0 Å². The maximum absolute atomic E-state index is 12.3. The number of halogens is 3. The van der Waals surface area contributed by atoms with Crippen LogP contribution in [0, 0.1) is 0 Å². The van der Waals surface area contributed by atoms with E-state index in [1.807, 2.05) is 0 Å². The molecule has 3 N–H and O–H groups in total. The van der Waals surface area contributed by atoms with Crippen LogP contribution in [-0.4, -0.2) is 26.2 Å². The van der Waals surface area contributed by atoms with Gasteiger partial charge < -0.3 is 15.6 Å². The highest BCUT2D eigenvalue weighted by atomic mass is 19.4. The number of hydrogen-bond acceptors (Lipinski definition) is 5. The molecule has 9 heteroatoms. The highest BCUT2D eigenvalue weighted by molar-refractivity contribution is 5.84. The lowest BCUT2D eigenvalue weighted by atomic mass is 10.1. The SMILES string of the molecule is CC(O)c1ccnc2c1c(CN)nn2-c1ccc(OC(F)(F)F)cc1. The van der Waals surface area contributed by atoms with Gasteiger partial charge in [-0.2, -0.15) is 5.10 Å².